The molecule has 5 nitrogen and oxygen atoms in total. The Morgan fingerprint density at radius 3 is 2.67 bits per heavy atom. The van der Waals surface area contributed by atoms with Crippen LogP contribution in [0.3, 0.4) is 0 Å². The van der Waals surface area contributed by atoms with Crippen molar-refractivity contribution in [3.63, 3.8) is 0 Å². The smallest absolute Gasteiger partial charge is 0.231 e. The number of benzene rings is 1. The van der Waals surface area contributed by atoms with E-state index in [9.17, 15) is 4.79 Å². The number of aliphatic hydroxyl groups excluding tert-OH is 1. The first-order chi connectivity index (χ1) is 11.7. The predicted molar refractivity (Wildman–Crippen MR) is 93.0 cm³/mol. The number of pyridine rings is 1. The first-order valence-corrected chi connectivity index (χ1v) is 8.13. The largest absolute Gasteiger partial charge is 0.392 e. The molecule has 0 saturated carbocycles. The van der Waals surface area contributed by atoms with Crippen molar-refractivity contribution in [3.05, 3.63) is 60.6 Å². The van der Waals surface area contributed by atoms with Crippen molar-refractivity contribution < 1.29 is 9.90 Å². The summed E-state index contributed by atoms with van der Waals surface area (Å²) in [7, 11) is 0. The monoisotopic (exact) mass is 321 g/mol. The summed E-state index contributed by atoms with van der Waals surface area (Å²) in [5, 5.41) is 10.1. The van der Waals surface area contributed by atoms with Gasteiger partial charge in [-0.2, -0.15) is 0 Å². The second-order valence-electron chi connectivity index (χ2n) is 6.34. The topological polar surface area (TPSA) is 58.4 Å². The molecule has 0 spiro atoms. The Bertz CT molecular complexity index is 831. The zero-order valence-corrected chi connectivity index (χ0v) is 13.3. The van der Waals surface area contributed by atoms with Crippen LogP contribution in [-0.2, 0) is 6.61 Å². The summed E-state index contributed by atoms with van der Waals surface area (Å²) < 4.78 is 1.66. The van der Waals surface area contributed by atoms with Crippen molar-refractivity contribution in [2.75, 3.05) is 18.0 Å². The van der Waals surface area contributed by atoms with Crippen LogP contribution in [0, 0.1) is 5.92 Å². The summed E-state index contributed by atoms with van der Waals surface area (Å²) in [6.45, 7) is 1.85. The third-order valence-corrected chi connectivity index (χ3v) is 4.60. The second kappa shape index (κ2) is 6.09. The van der Waals surface area contributed by atoms with Gasteiger partial charge in [-0.05, 0) is 29.8 Å². The molecule has 0 radical (unpaired) electrons. The van der Waals surface area contributed by atoms with E-state index in [0.717, 1.165) is 35.2 Å². The van der Waals surface area contributed by atoms with Gasteiger partial charge in [0.05, 0.1) is 12.1 Å². The Morgan fingerprint density at radius 2 is 1.96 bits per heavy atom. The first kappa shape index (κ1) is 14.9. The van der Waals surface area contributed by atoms with Crippen molar-refractivity contribution in [2.45, 2.75) is 13.0 Å². The van der Waals surface area contributed by atoms with E-state index in [1.165, 1.54) is 0 Å². The van der Waals surface area contributed by atoms with Gasteiger partial charge in [-0.3, -0.25) is 14.3 Å². The van der Waals surface area contributed by atoms with E-state index in [1.54, 1.807) is 10.8 Å². The highest BCUT2D eigenvalue weighted by atomic mass is 16.3. The lowest BCUT2D eigenvalue weighted by atomic mass is 9.95. The molecule has 122 valence electrons. The summed E-state index contributed by atoms with van der Waals surface area (Å²) in [6, 6.07) is 11.8. The second-order valence-corrected chi connectivity index (χ2v) is 6.34. The third kappa shape index (κ3) is 2.78. The summed E-state index contributed by atoms with van der Waals surface area (Å²) in [5.41, 5.74) is 2.91. The van der Waals surface area contributed by atoms with Gasteiger partial charge in [0.2, 0.25) is 5.91 Å². The Kier molecular flexibility index (Phi) is 3.78. The lowest BCUT2D eigenvalue weighted by molar-refractivity contribution is 0.0872. The molecule has 24 heavy (non-hydrogen) atoms. The molecule has 3 heterocycles. The molecule has 5 heteroatoms. The van der Waals surface area contributed by atoms with Crippen LogP contribution in [0.2, 0.25) is 0 Å². The lowest BCUT2D eigenvalue weighted by Gasteiger charge is -2.41. The van der Waals surface area contributed by atoms with Crippen molar-refractivity contribution in [1.29, 1.82) is 0 Å². The maximum absolute atomic E-state index is 12.4. The molecule has 1 saturated heterocycles. The third-order valence-electron chi connectivity index (χ3n) is 4.60. The normalized spacial score (nSPS) is 14.8. The van der Waals surface area contributed by atoms with Crippen molar-refractivity contribution >= 4 is 22.5 Å². The Balaban J connectivity index is 1.36. The van der Waals surface area contributed by atoms with Gasteiger partial charge in [0.1, 0.15) is 0 Å². The average molecular weight is 321 g/mol. The number of anilines is 1. The number of carbonyl (C=O) groups excluding carboxylic acids is 1. The molecule has 0 aliphatic carbocycles. The molecule has 1 aliphatic rings. The maximum Gasteiger partial charge on any atom is 0.231 e. The van der Waals surface area contributed by atoms with Crippen LogP contribution in [0.5, 0.6) is 0 Å². The minimum Gasteiger partial charge on any atom is -0.392 e. The van der Waals surface area contributed by atoms with Crippen LogP contribution >= 0.6 is 0 Å². The van der Waals surface area contributed by atoms with E-state index in [0.29, 0.717) is 12.3 Å². The molecule has 3 aromatic rings. The molecule has 0 atom stereocenters. The maximum atomic E-state index is 12.4. The zero-order chi connectivity index (χ0) is 16.5. The summed E-state index contributed by atoms with van der Waals surface area (Å²) in [5.74, 6) is 0.502. The molecule has 0 bridgehead atoms. The summed E-state index contributed by atoms with van der Waals surface area (Å²) >= 11 is 0. The molecule has 1 fully saturated rings. The molecular weight excluding hydrogens is 302 g/mol. The van der Waals surface area contributed by atoms with E-state index >= 15 is 0 Å². The molecule has 0 unspecified atom stereocenters. The highest BCUT2D eigenvalue weighted by Crippen LogP contribution is 2.27. The van der Waals surface area contributed by atoms with E-state index < -0.39 is 0 Å². The Labute approximate surface area is 140 Å². The van der Waals surface area contributed by atoms with Crippen LogP contribution in [0.15, 0.2) is 55.0 Å². The van der Waals surface area contributed by atoms with Gasteiger partial charge in [0.25, 0.3) is 0 Å². The summed E-state index contributed by atoms with van der Waals surface area (Å²) in [4.78, 5) is 19.0. The number of rotatable bonds is 4. The number of carbonyl (C=O) groups is 1. The number of hydrogen-bond donors (Lipinski definition) is 1. The predicted octanol–water partition coefficient (Wildman–Crippen LogP) is 2.70. The van der Waals surface area contributed by atoms with Crippen LogP contribution < -0.4 is 4.90 Å². The van der Waals surface area contributed by atoms with Gasteiger partial charge in [0.15, 0.2) is 0 Å². The first-order valence-electron chi connectivity index (χ1n) is 8.13. The minimum atomic E-state index is 0.0670. The molecule has 1 aliphatic heterocycles. The van der Waals surface area contributed by atoms with E-state index in [1.807, 2.05) is 48.8 Å². The highest BCUT2D eigenvalue weighted by Gasteiger charge is 2.29. The van der Waals surface area contributed by atoms with E-state index in [4.69, 9.17) is 5.11 Å². The van der Waals surface area contributed by atoms with Gasteiger partial charge in [-0.15, -0.1) is 0 Å². The van der Waals surface area contributed by atoms with Gasteiger partial charge < -0.3 is 10.0 Å². The fraction of sp³-hybridized carbons (Fsp3) is 0.263. The quantitative estimate of drug-likeness (QED) is 0.803. The Hall–Kier alpha value is -2.66. The van der Waals surface area contributed by atoms with Crippen molar-refractivity contribution in [1.82, 2.24) is 9.55 Å². The number of nitrogens with zero attached hydrogens (tertiary/aromatic N) is 3. The Morgan fingerprint density at radius 1 is 1.17 bits per heavy atom. The summed E-state index contributed by atoms with van der Waals surface area (Å²) in [6.07, 6.45) is 5.95. The molecule has 4 rings (SSSR count). The van der Waals surface area contributed by atoms with E-state index in [2.05, 4.69) is 9.88 Å². The van der Waals surface area contributed by atoms with Gasteiger partial charge in [-0.25, -0.2) is 0 Å². The number of aliphatic hydroxyl groups is 1. The zero-order valence-electron chi connectivity index (χ0n) is 13.3. The number of aromatic nitrogens is 2. The van der Waals surface area contributed by atoms with Crippen LogP contribution in [0.1, 0.15) is 16.8 Å². The lowest BCUT2D eigenvalue weighted by Crippen LogP contribution is -2.47. The molecule has 1 aromatic carbocycles. The van der Waals surface area contributed by atoms with Gasteiger partial charge >= 0.3 is 0 Å². The fourth-order valence-corrected chi connectivity index (χ4v) is 3.18. The van der Waals surface area contributed by atoms with Crippen molar-refractivity contribution in [3.8, 4) is 0 Å². The minimum absolute atomic E-state index is 0.0670. The van der Waals surface area contributed by atoms with Gasteiger partial charge in [0, 0.05) is 55.1 Å². The standard InChI is InChI=1S/C19H19N3O2/c23-13-14-3-5-17(6-4-14)21-9-15(10-21)8-19(24)22-11-16-2-1-7-20-18(16)12-22/h1-7,11-12,15,23H,8-10,13H2. The average Bonchev–Trinajstić information content (AvgIpc) is 3.02. The van der Waals surface area contributed by atoms with Crippen molar-refractivity contribution in [2.24, 2.45) is 5.92 Å². The number of hydrogen-bond acceptors (Lipinski definition) is 4. The van der Waals surface area contributed by atoms with Crippen LogP contribution in [0.25, 0.3) is 10.9 Å². The highest BCUT2D eigenvalue weighted by molar-refractivity contribution is 5.87. The molecular formula is C19H19N3O2. The molecule has 1 N–H and O–H groups in total. The molecule has 0 amide bonds. The SMILES string of the molecule is O=C(CC1CN(c2ccc(CO)cc2)C1)n1cc2cccnc2c1. The van der Waals surface area contributed by atoms with E-state index in [-0.39, 0.29) is 12.5 Å². The van der Waals surface area contributed by atoms with Gasteiger partial charge in [-0.1, -0.05) is 12.1 Å². The fourth-order valence-electron chi connectivity index (χ4n) is 3.18. The van der Waals surface area contributed by atoms with Crippen LogP contribution in [0.4, 0.5) is 5.69 Å². The molecule has 2 aromatic heterocycles. The number of fused-ring (bicyclic) bond motifs is 1. The van der Waals surface area contributed by atoms with Crippen LogP contribution in [-0.4, -0.2) is 33.7 Å².